The van der Waals surface area contributed by atoms with E-state index in [0.717, 1.165) is 33.3 Å². The summed E-state index contributed by atoms with van der Waals surface area (Å²) in [5.74, 6) is -0.208. The first kappa shape index (κ1) is 21.3. The van der Waals surface area contributed by atoms with Crippen molar-refractivity contribution in [3.05, 3.63) is 102 Å². The molecular formula is C26H25N3O3. The van der Waals surface area contributed by atoms with Crippen molar-refractivity contribution >= 4 is 16.9 Å². The number of hydrogen-bond acceptors (Lipinski definition) is 4. The molecule has 0 aliphatic heterocycles. The van der Waals surface area contributed by atoms with Gasteiger partial charge >= 0.3 is 5.97 Å². The van der Waals surface area contributed by atoms with Crippen molar-refractivity contribution in [2.24, 2.45) is 0 Å². The fourth-order valence-corrected chi connectivity index (χ4v) is 3.71. The third-order valence-electron chi connectivity index (χ3n) is 5.29. The second-order valence-electron chi connectivity index (χ2n) is 7.64. The zero-order chi connectivity index (χ0) is 22.3. The lowest BCUT2D eigenvalue weighted by atomic mass is 9.95. The Balaban J connectivity index is 1.41. The molecule has 0 saturated carbocycles. The van der Waals surface area contributed by atoms with Gasteiger partial charge in [0.2, 0.25) is 0 Å². The van der Waals surface area contributed by atoms with Crippen molar-refractivity contribution in [1.82, 2.24) is 14.8 Å². The summed E-state index contributed by atoms with van der Waals surface area (Å²) in [6, 6.07) is 17.8. The van der Waals surface area contributed by atoms with Crippen molar-refractivity contribution < 1.29 is 14.6 Å². The molecular weight excluding hydrogens is 402 g/mol. The summed E-state index contributed by atoms with van der Waals surface area (Å²) in [4.78, 5) is 15.3. The highest BCUT2D eigenvalue weighted by molar-refractivity contribution is 5.79. The van der Waals surface area contributed by atoms with E-state index < -0.39 is 5.97 Å². The van der Waals surface area contributed by atoms with Gasteiger partial charge in [0.25, 0.3) is 0 Å². The summed E-state index contributed by atoms with van der Waals surface area (Å²) >= 11 is 0. The van der Waals surface area contributed by atoms with Crippen molar-refractivity contribution in [2.75, 3.05) is 0 Å². The molecule has 2 heterocycles. The van der Waals surface area contributed by atoms with E-state index in [0.29, 0.717) is 13.2 Å². The molecule has 0 aliphatic carbocycles. The lowest BCUT2D eigenvalue weighted by Gasteiger charge is -2.12. The molecule has 4 aromatic rings. The number of allylic oxidation sites excluding steroid dienone is 2. The molecule has 0 bridgehead atoms. The Kier molecular flexibility index (Phi) is 6.60. The van der Waals surface area contributed by atoms with E-state index in [9.17, 15) is 4.79 Å². The third-order valence-corrected chi connectivity index (χ3v) is 5.29. The smallest absolute Gasteiger partial charge is 0.304 e. The molecule has 32 heavy (non-hydrogen) atoms. The van der Waals surface area contributed by atoms with E-state index in [1.54, 1.807) is 6.20 Å². The van der Waals surface area contributed by atoms with Gasteiger partial charge in [-0.1, -0.05) is 36.4 Å². The van der Waals surface area contributed by atoms with Crippen LogP contribution in [0.5, 0.6) is 5.75 Å². The van der Waals surface area contributed by atoms with Crippen LogP contribution in [-0.2, 0) is 17.9 Å². The van der Waals surface area contributed by atoms with Crippen LogP contribution in [0.25, 0.3) is 10.9 Å². The zero-order valence-corrected chi connectivity index (χ0v) is 17.9. The minimum atomic E-state index is -0.812. The predicted octanol–water partition coefficient (Wildman–Crippen LogP) is 5.19. The maximum absolute atomic E-state index is 11.1. The van der Waals surface area contributed by atoms with E-state index >= 15 is 0 Å². The van der Waals surface area contributed by atoms with E-state index in [-0.39, 0.29) is 12.3 Å². The first-order chi connectivity index (χ1) is 15.6. The van der Waals surface area contributed by atoms with Gasteiger partial charge in [-0.05, 0) is 53.9 Å². The van der Waals surface area contributed by atoms with Crippen LogP contribution in [0.2, 0.25) is 0 Å². The summed E-state index contributed by atoms with van der Waals surface area (Å²) < 4.78 is 7.92. The van der Waals surface area contributed by atoms with Crippen LogP contribution in [0.4, 0.5) is 0 Å². The Morgan fingerprint density at radius 3 is 2.69 bits per heavy atom. The Morgan fingerprint density at radius 1 is 1.12 bits per heavy atom. The number of hydrogen-bond donors (Lipinski definition) is 1. The average Bonchev–Trinajstić information content (AvgIpc) is 3.20. The van der Waals surface area contributed by atoms with Crippen LogP contribution in [0.3, 0.4) is 0 Å². The maximum atomic E-state index is 11.1. The van der Waals surface area contributed by atoms with Crippen LogP contribution < -0.4 is 4.74 Å². The summed E-state index contributed by atoms with van der Waals surface area (Å²) in [5.41, 5.74) is 4.18. The van der Waals surface area contributed by atoms with E-state index in [4.69, 9.17) is 9.84 Å². The number of fused-ring (bicyclic) bond motifs is 1. The molecule has 0 fully saturated rings. The zero-order valence-electron chi connectivity index (χ0n) is 17.9. The molecule has 0 spiro atoms. The van der Waals surface area contributed by atoms with Crippen molar-refractivity contribution in [1.29, 1.82) is 0 Å². The van der Waals surface area contributed by atoms with Gasteiger partial charge in [-0.25, -0.2) is 0 Å². The van der Waals surface area contributed by atoms with Crippen molar-refractivity contribution in [2.45, 2.75) is 32.4 Å². The molecule has 162 valence electrons. The minimum Gasteiger partial charge on any atom is -0.489 e. The van der Waals surface area contributed by atoms with Gasteiger partial charge in [0.1, 0.15) is 12.4 Å². The highest BCUT2D eigenvalue weighted by atomic mass is 16.5. The number of aromatic nitrogens is 3. The lowest BCUT2D eigenvalue weighted by Crippen LogP contribution is -2.04. The van der Waals surface area contributed by atoms with Gasteiger partial charge < -0.3 is 9.84 Å². The summed E-state index contributed by atoms with van der Waals surface area (Å²) in [6.45, 7) is 3.01. The molecule has 4 rings (SSSR count). The number of ether oxygens (including phenoxy) is 1. The molecule has 1 atom stereocenters. The van der Waals surface area contributed by atoms with Crippen LogP contribution in [0, 0.1) is 0 Å². The summed E-state index contributed by atoms with van der Waals surface area (Å²) in [6.07, 6.45) is 9.35. The van der Waals surface area contributed by atoms with Crippen molar-refractivity contribution in [3.63, 3.8) is 0 Å². The molecule has 0 unspecified atom stereocenters. The molecule has 2 aromatic carbocycles. The number of carboxylic acids is 1. The molecule has 0 aliphatic rings. The highest BCUT2D eigenvalue weighted by Crippen LogP contribution is 2.25. The fraction of sp³-hybridized carbons (Fsp3) is 0.192. The van der Waals surface area contributed by atoms with Crippen LogP contribution in [-0.4, -0.2) is 25.8 Å². The van der Waals surface area contributed by atoms with Crippen molar-refractivity contribution in [3.8, 4) is 5.75 Å². The van der Waals surface area contributed by atoms with E-state index in [2.05, 4.69) is 22.2 Å². The van der Waals surface area contributed by atoms with Gasteiger partial charge in [0, 0.05) is 23.7 Å². The third kappa shape index (κ3) is 5.21. The van der Waals surface area contributed by atoms with Crippen LogP contribution in [0.1, 0.15) is 36.0 Å². The lowest BCUT2D eigenvalue weighted by molar-refractivity contribution is -0.137. The van der Waals surface area contributed by atoms with E-state index in [1.165, 1.54) is 0 Å². The van der Waals surface area contributed by atoms with Gasteiger partial charge in [-0.2, -0.15) is 5.10 Å². The second kappa shape index (κ2) is 9.92. The largest absolute Gasteiger partial charge is 0.489 e. The molecule has 0 amide bonds. The number of aliphatic carboxylic acids is 1. The molecule has 0 saturated heterocycles. The van der Waals surface area contributed by atoms with Gasteiger partial charge in [0.15, 0.2) is 0 Å². The number of pyridine rings is 1. The molecule has 1 N–H and O–H groups in total. The average molecular weight is 428 g/mol. The topological polar surface area (TPSA) is 77.2 Å². The maximum Gasteiger partial charge on any atom is 0.304 e. The van der Waals surface area contributed by atoms with Gasteiger partial charge in [0.05, 0.1) is 24.7 Å². The molecule has 6 nitrogen and oxygen atoms in total. The summed E-state index contributed by atoms with van der Waals surface area (Å²) in [7, 11) is 0. The van der Waals surface area contributed by atoms with Gasteiger partial charge in [-0.3, -0.25) is 14.5 Å². The molecule has 6 heteroatoms. The number of nitrogens with zero attached hydrogens (tertiary/aromatic N) is 3. The number of carbonyl (C=O) groups is 1. The van der Waals surface area contributed by atoms with E-state index in [1.807, 2.05) is 78.6 Å². The van der Waals surface area contributed by atoms with Gasteiger partial charge in [-0.15, -0.1) is 0 Å². The first-order valence-corrected chi connectivity index (χ1v) is 10.5. The molecule has 0 radical (unpaired) electrons. The Hall–Kier alpha value is -3.93. The Labute approximate surface area is 186 Å². The monoisotopic (exact) mass is 427 g/mol. The number of rotatable bonds is 9. The number of benzene rings is 2. The highest BCUT2D eigenvalue weighted by Gasteiger charge is 2.12. The normalized spacial score (nSPS) is 12.3. The van der Waals surface area contributed by atoms with Crippen LogP contribution in [0.15, 0.2) is 85.3 Å². The number of carboxylic acid groups (broad SMARTS) is 1. The second-order valence-corrected chi connectivity index (χ2v) is 7.64. The quantitative estimate of drug-likeness (QED) is 0.372. The summed E-state index contributed by atoms with van der Waals surface area (Å²) in [5, 5.41) is 14.7. The molecule has 2 aromatic heterocycles. The minimum absolute atomic E-state index is 0.0685. The SMILES string of the molecule is CC=C[C@H](CC(=O)O)c1ccc(OCc2ccc3c(cnn3Cc3cccnc3)c2)cc1. The van der Waals surface area contributed by atoms with Crippen LogP contribution >= 0.6 is 0 Å². The standard InChI is InChI=1S/C26H25N3O3/c1-2-4-22(14-26(30)31)21-7-9-24(10-8-21)32-18-19-6-11-25-23(13-19)16-28-29(25)17-20-5-3-12-27-15-20/h2-13,15-16,22H,14,17-18H2,1H3,(H,30,31)/t22-/m1/s1. The first-order valence-electron chi connectivity index (χ1n) is 10.5. The fourth-order valence-electron chi connectivity index (χ4n) is 3.71. The Morgan fingerprint density at radius 2 is 1.97 bits per heavy atom. The Bertz CT molecular complexity index is 1210. The predicted molar refractivity (Wildman–Crippen MR) is 124 cm³/mol.